The molecule has 0 saturated carbocycles. The fraction of sp³-hybridized carbons (Fsp3) is 0.458. The molecule has 8 heteroatoms. The van der Waals surface area contributed by atoms with Crippen LogP contribution in [0.25, 0.3) is 0 Å². The van der Waals surface area contributed by atoms with Crippen molar-refractivity contribution in [2.24, 2.45) is 0 Å². The van der Waals surface area contributed by atoms with Crippen LogP contribution in [-0.2, 0) is 19.1 Å². The topological polar surface area (TPSA) is 106 Å². The molecule has 0 saturated heterocycles. The Morgan fingerprint density at radius 3 is 1.97 bits per heavy atom. The smallest absolute Gasteiger partial charge is 0.336 e. The van der Waals surface area contributed by atoms with Gasteiger partial charge >= 0.3 is 18.0 Å². The Morgan fingerprint density at radius 2 is 1.50 bits per heavy atom. The molecule has 0 fully saturated rings. The first-order chi connectivity index (χ1) is 15.0. The molecule has 3 N–H and O–H groups in total. The first-order valence-corrected chi connectivity index (χ1v) is 10.7. The van der Waals surface area contributed by atoms with Crippen LogP contribution in [0.3, 0.4) is 0 Å². The van der Waals surface area contributed by atoms with Gasteiger partial charge in [-0.1, -0.05) is 12.1 Å². The van der Waals surface area contributed by atoms with Gasteiger partial charge in [0.2, 0.25) is 0 Å². The number of amides is 2. The largest absolute Gasteiger partial charge is 0.463 e. The maximum absolute atomic E-state index is 12.9. The van der Waals surface area contributed by atoms with E-state index in [0.717, 1.165) is 0 Å². The molecular weight excluding hydrogens is 410 g/mol. The zero-order chi connectivity index (χ0) is 24.1. The summed E-state index contributed by atoms with van der Waals surface area (Å²) in [6, 6.07) is 6.71. The van der Waals surface area contributed by atoms with Crippen LogP contribution >= 0.6 is 0 Å². The van der Waals surface area contributed by atoms with Gasteiger partial charge in [-0.3, -0.25) is 0 Å². The van der Waals surface area contributed by atoms with Crippen LogP contribution in [0, 0.1) is 0 Å². The van der Waals surface area contributed by atoms with Gasteiger partial charge in [-0.05, 0) is 66.2 Å². The minimum Gasteiger partial charge on any atom is -0.463 e. The summed E-state index contributed by atoms with van der Waals surface area (Å²) in [7, 11) is 0. The summed E-state index contributed by atoms with van der Waals surface area (Å²) in [6.45, 7) is 13.1. The second-order valence-electron chi connectivity index (χ2n) is 8.53. The van der Waals surface area contributed by atoms with Gasteiger partial charge in [-0.2, -0.15) is 0 Å². The summed E-state index contributed by atoms with van der Waals surface area (Å²) in [5.74, 6) is -1.73. The highest BCUT2D eigenvalue weighted by Gasteiger charge is 2.38. The molecule has 1 aromatic rings. The van der Waals surface area contributed by atoms with Crippen molar-refractivity contribution in [3.63, 3.8) is 0 Å². The molecule has 1 aromatic carbocycles. The van der Waals surface area contributed by atoms with E-state index in [1.807, 2.05) is 26.8 Å². The van der Waals surface area contributed by atoms with E-state index in [1.165, 1.54) is 0 Å². The van der Waals surface area contributed by atoms with E-state index in [9.17, 15) is 14.4 Å². The highest BCUT2D eigenvalue weighted by molar-refractivity contribution is 6.00. The van der Waals surface area contributed by atoms with Crippen molar-refractivity contribution in [3.05, 3.63) is 52.4 Å². The van der Waals surface area contributed by atoms with Gasteiger partial charge < -0.3 is 25.4 Å². The Balaban J connectivity index is 2.54. The van der Waals surface area contributed by atoms with E-state index in [4.69, 9.17) is 9.47 Å². The van der Waals surface area contributed by atoms with Crippen LogP contribution in [0.4, 0.5) is 10.5 Å². The van der Waals surface area contributed by atoms with E-state index < -0.39 is 23.4 Å². The highest BCUT2D eigenvalue weighted by atomic mass is 16.5. The van der Waals surface area contributed by atoms with Gasteiger partial charge in [0.15, 0.2) is 0 Å². The SMILES string of the molecule is CCOC(=O)C1=C(C)NC(C)=C(C(=O)OCC)C1c1cccc(NC(=O)NC(C)(C)C)c1. The number of nitrogens with one attached hydrogen (secondary N) is 3. The van der Waals surface area contributed by atoms with Crippen LogP contribution in [0.5, 0.6) is 0 Å². The average Bonchev–Trinajstić information content (AvgIpc) is 2.66. The number of benzene rings is 1. The van der Waals surface area contributed by atoms with Crippen LogP contribution in [0.2, 0.25) is 0 Å². The van der Waals surface area contributed by atoms with Crippen molar-refractivity contribution in [2.45, 2.75) is 59.9 Å². The summed E-state index contributed by atoms with van der Waals surface area (Å²) in [5.41, 5.74) is 2.65. The lowest BCUT2D eigenvalue weighted by molar-refractivity contribution is -0.139. The molecular formula is C24H33N3O5. The number of anilines is 1. The summed E-state index contributed by atoms with van der Waals surface area (Å²) >= 11 is 0. The highest BCUT2D eigenvalue weighted by Crippen LogP contribution is 2.40. The first-order valence-electron chi connectivity index (χ1n) is 10.7. The number of carbonyl (C=O) groups excluding carboxylic acids is 3. The van der Waals surface area contributed by atoms with Crippen molar-refractivity contribution in [1.82, 2.24) is 10.6 Å². The van der Waals surface area contributed by atoms with Crippen LogP contribution in [0.15, 0.2) is 46.8 Å². The van der Waals surface area contributed by atoms with Gasteiger partial charge in [0.05, 0.1) is 30.3 Å². The van der Waals surface area contributed by atoms with E-state index in [-0.39, 0.29) is 19.2 Å². The molecule has 2 rings (SSSR count). The fourth-order valence-corrected chi connectivity index (χ4v) is 3.59. The van der Waals surface area contributed by atoms with Crippen LogP contribution in [0.1, 0.15) is 59.9 Å². The molecule has 1 heterocycles. The average molecular weight is 444 g/mol. The number of hydrogen-bond donors (Lipinski definition) is 3. The van der Waals surface area contributed by atoms with Crippen molar-refractivity contribution in [2.75, 3.05) is 18.5 Å². The number of rotatable bonds is 6. The second-order valence-corrected chi connectivity index (χ2v) is 8.53. The van der Waals surface area contributed by atoms with Crippen molar-refractivity contribution in [1.29, 1.82) is 0 Å². The molecule has 1 aliphatic rings. The number of allylic oxidation sites excluding steroid dienone is 2. The van der Waals surface area contributed by atoms with Crippen molar-refractivity contribution >= 4 is 23.7 Å². The van der Waals surface area contributed by atoms with E-state index in [0.29, 0.717) is 33.8 Å². The first kappa shape index (κ1) is 25.0. The Hall–Kier alpha value is -3.29. The monoisotopic (exact) mass is 443 g/mol. The molecule has 174 valence electrons. The Bertz CT molecular complexity index is 917. The Kier molecular flexibility index (Phi) is 8.08. The number of carbonyl (C=O) groups is 3. The van der Waals surface area contributed by atoms with Gasteiger partial charge in [0, 0.05) is 22.6 Å². The summed E-state index contributed by atoms with van der Waals surface area (Å²) in [6.07, 6.45) is 0. The quantitative estimate of drug-likeness (QED) is 0.575. The molecule has 2 amide bonds. The number of hydrogen-bond acceptors (Lipinski definition) is 6. The van der Waals surface area contributed by atoms with Crippen molar-refractivity contribution in [3.8, 4) is 0 Å². The normalized spacial score (nSPS) is 14.6. The summed E-state index contributed by atoms with van der Waals surface area (Å²) in [4.78, 5) is 38.1. The Morgan fingerprint density at radius 1 is 0.969 bits per heavy atom. The lowest BCUT2D eigenvalue weighted by atomic mass is 9.80. The lowest BCUT2D eigenvalue weighted by Gasteiger charge is -2.30. The summed E-state index contributed by atoms with van der Waals surface area (Å²) < 4.78 is 10.6. The standard InChI is InChI=1S/C24H33N3O5/c1-8-31-21(28)18-14(3)25-15(4)19(22(29)32-9-2)20(18)16-11-10-12-17(13-16)26-23(30)27-24(5,6)7/h10-13,20,25H,8-9H2,1-7H3,(H2,26,27,30). The van der Waals surface area contributed by atoms with Crippen molar-refractivity contribution < 1.29 is 23.9 Å². The maximum Gasteiger partial charge on any atom is 0.336 e. The predicted octanol–water partition coefficient (Wildman–Crippen LogP) is 3.97. The van der Waals surface area contributed by atoms with Crippen LogP contribution in [-0.4, -0.2) is 36.7 Å². The number of dihydropyridines is 1. The third-order valence-electron chi connectivity index (χ3n) is 4.72. The Labute approximate surface area is 189 Å². The minimum atomic E-state index is -0.707. The van der Waals surface area contributed by atoms with Gasteiger partial charge in [0.1, 0.15) is 0 Å². The molecule has 0 unspecified atom stereocenters. The van der Waals surface area contributed by atoms with E-state index >= 15 is 0 Å². The molecule has 0 spiro atoms. The molecule has 0 aliphatic carbocycles. The number of ether oxygens (including phenoxy) is 2. The van der Waals surface area contributed by atoms with E-state index in [2.05, 4.69) is 16.0 Å². The second kappa shape index (κ2) is 10.3. The maximum atomic E-state index is 12.9. The summed E-state index contributed by atoms with van der Waals surface area (Å²) in [5, 5.41) is 8.76. The lowest BCUT2D eigenvalue weighted by Crippen LogP contribution is -2.43. The number of urea groups is 1. The molecule has 0 radical (unpaired) electrons. The zero-order valence-corrected chi connectivity index (χ0v) is 19.8. The van der Waals surface area contributed by atoms with Gasteiger partial charge in [-0.25, -0.2) is 14.4 Å². The fourth-order valence-electron chi connectivity index (χ4n) is 3.59. The molecule has 0 atom stereocenters. The molecule has 1 aliphatic heterocycles. The van der Waals surface area contributed by atoms with E-state index in [1.54, 1.807) is 45.9 Å². The molecule has 0 aromatic heterocycles. The zero-order valence-electron chi connectivity index (χ0n) is 19.8. The van der Waals surface area contributed by atoms with Gasteiger partial charge in [0.25, 0.3) is 0 Å². The molecule has 8 nitrogen and oxygen atoms in total. The third-order valence-corrected chi connectivity index (χ3v) is 4.72. The third kappa shape index (κ3) is 6.12. The number of esters is 2. The molecule has 0 bridgehead atoms. The predicted molar refractivity (Wildman–Crippen MR) is 123 cm³/mol. The van der Waals surface area contributed by atoms with Crippen LogP contribution < -0.4 is 16.0 Å². The van der Waals surface area contributed by atoms with Gasteiger partial charge in [-0.15, -0.1) is 0 Å². The molecule has 32 heavy (non-hydrogen) atoms. The minimum absolute atomic E-state index is 0.203.